The van der Waals surface area contributed by atoms with E-state index in [4.69, 9.17) is 4.74 Å². The number of para-hydroxylation sites is 2. The molecular formula is C18H21N5O. The first-order valence-electron chi connectivity index (χ1n) is 8.20. The van der Waals surface area contributed by atoms with Gasteiger partial charge in [0.05, 0.1) is 18.2 Å². The smallest absolute Gasteiger partial charge is 0.142 e. The van der Waals surface area contributed by atoms with Gasteiger partial charge in [-0.15, -0.1) is 0 Å². The third kappa shape index (κ3) is 2.44. The highest BCUT2D eigenvalue weighted by Gasteiger charge is 2.27. The summed E-state index contributed by atoms with van der Waals surface area (Å²) in [4.78, 5) is 16.7. The second-order valence-electron chi connectivity index (χ2n) is 6.10. The van der Waals surface area contributed by atoms with Crippen molar-refractivity contribution in [3.8, 4) is 5.75 Å². The summed E-state index contributed by atoms with van der Waals surface area (Å²) >= 11 is 0. The van der Waals surface area contributed by atoms with Crippen LogP contribution >= 0.6 is 0 Å². The Labute approximate surface area is 141 Å². The number of methoxy groups -OCH3 is 1. The van der Waals surface area contributed by atoms with Crippen molar-refractivity contribution in [2.24, 2.45) is 0 Å². The number of aromatic nitrogens is 3. The summed E-state index contributed by atoms with van der Waals surface area (Å²) in [6, 6.07) is 10.6. The average molecular weight is 323 g/mol. The summed E-state index contributed by atoms with van der Waals surface area (Å²) < 4.78 is 5.51. The molecule has 1 aromatic carbocycles. The maximum atomic E-state index is 5.51. The minimum absolute atomic E-state index is 0.344. The summed E-state index contributed by atoms with van der Waals surface area (Å²) in [6.07, 6.45) is 3.55. The number of nitrogens with zero attached hydrogens (tertiary/aromatic N) is 4. The van der Waals surface area contributed by atoms with Crippen LogP contribution in [0.5, 0.6) is 5.75 Å². The molecule has 6 nitrogen and oxygen atoms in total. The lowest BCUT2D eigenvalue weighted by Gasteiger charge is -2.42. The van der Waals surface area contributed by atoms with Crippen molar-refractivity contribution in [1.29, 1.82) is 0 Å². The molecule has 3 aromatic rings. The lowest BCUT2D eigenvalue weighted by Crippen LogP contribution is -2.52. The molecule has 0 aliphatic carbocycles. The number of ether oxygens (including phenoxy) is 1. The minimum Gasteiger partial charge on any atom is -0.495 e. The van der Waals surface area contributed by atoms with Crippen molar-refractivity contribution in [2.45, 2.75) is 13.0 Å². The van der Waals surface area contributed by atoms with Crippen LogP contribution in [0.3, 0.4) is 0 Å². The molecule has 0 amide bonds. The van der Waals surface area contributed by atoms with Crippen molar-refractivity contribution < 1.29 is 4.74 Å². The van der Waals surface area contributed by atoms with E-state index in [0.717, 1.165) is 47.9 Å². The normalized spacial score (nSPS) is 18.2. The molecule has 0 radical (unpaired) electrons. The van der Waals surface area contributed by atoms with Crippen LogP contribution in [0.4, 0.5) is 11.5 Å². The quantitative estimate of drug-likeness (QED) is 0.803. The second-order valence-corrected chi connectivity index (χ2v) is 6.10. The van der Waals surface area contributed by atoms with Gasteiger partial charge in [-0.3, -0.25) is 0 Å². The topological polar surface area (TPSA) is 57.3 Å². The van der Waals surface area contributed by atoms with Crippen molar-refractivity contribution >= 4 is 22.5 Å². The monoisotopic (exact) mass is 323 g/mol. The van der Waals surface area contributed by atoms with E-state index in [9.17, 15) is 0 Å². The first kappa shape index (κ1) is 14.8. The average Bonchev–Trinajstić information content (AvgIpc) is 3.10. The van der Waals surface area contributed by atoms with E-state index < -0.39 is 0 Å². The Balaban J connectivity index is 1.60. The summed E-state index contributed by atoms with van der Waals surface area (Å²) in [5.41, 5.74) is 2.04. The summed E-state index contributed by atoms with van der Waals surface area (Å²) in [6.45, 7) is 5.01. The molecule has 1 unspecified atom stereocenters. The van der Waals surface area contributed by atoms with Gasteiger partial charge in [0.25, 0.3) is 0 Å². The maximum absolute atomic E-state index is 5.51. The number of fused-ring (bicyclic) bond motifs is 1. The number of aromatic amines is 1. The SMILES string of the molecule is COc1ccccc1N1CCN(c2ncnc3[nH]ccc23)C(C)C1. The van der Waals surface area contributed by atoms with Gasteiger partial charge in [0, 0.05) is 31.9 Å². The fourth-order valence-corrected chi connectivity index (χ4v) is 3.47. The van der Waals surface area contributed by atoms with Crippen LogP contribution in [0.25, 0.3) is 11.0 Å². The highest BCUT2D eigenvalue weighted by atomic mass is 16.5. The van der Waals surface area contributed by atoms with Gasteiger partial charge in [0.1, 0.15) is 23.5 Å². The third-order valence-electron chi connectivity index (χ3n) is 4.66. The molecule has 1 fully saturated rings. The van der Waals surface area contributed by atoms with Gasteiger partial charge >= 0.3 is 0 Å². The van der Waals surface area contributed by atoms with Crippen LogP contribution in [0.15, 0.2) is 42.9 Å². The molecule has 1 aliphatic heterocycles. The third-order valence-corrected chi connectivity index (χ3v) is 4.66. The Hall–Kier alpha value is -2.76. The zero-order chi connectivity index (χ0) is 16.5. The first-order valence-corrected chi connectivity index (χ1v) is 8.20. The number of rotatable bonds is 3. The van der Waals surface area contributed by atoms with E-state index in [1.54, 1.807) is 13.4 Å². The van der Waals surface area contributed by atoms with Crippen LogP contribution in [-0.4, -0.2) is 47.7 Å². The predicted octanol–water partition coefficient (Wildman–Crippen LogP) is 2.68. The fourth-order valence-electron chi connectivity index (χ4n) is 3.47. The van der Waals surface area contributed by atoms with Gasteiger partial charge in [-0.2, -0.15) is 0 Å². The molecule has 124 valence electrons. The molecule has 1 N–H and O–H groups in total. The van der Waals surface area contributed by atoms with Crippen LogP contribution < -0.4 is 14.5 Å². The molecule has 24 heavy (non-hydrogen) atoms. The number of H-pyrrole nitrogens is 1. The zero-order valence-corrected chi connectivity index (χ0v) is 13.9. The van der Waals surface area contributed by atoms with Gasteiger partial charge in [0.2, 0.25) is 0 Å². The van der Waals surface area contributed by atoms with Gasteiger partial charge < -0.3 is 19.5 Å². The van der Waals surface area contributed by atoms with E-state index in [-0.39, 0.29) is 0 Å². The molecular weight excluding hydrogens is 302 g/mol. The Bertz CT molecular complexity index is 846. The van der Waals surface area contributed by atoms with Crippen LogP contribution in [-0.2, 0) is 0 Å². The van der Waals surface area contributed by atoms with E-state index in [0.29, 0.717) is 6.04 Å². The van der Waals surface area contributed by atoms with E-state index in [1.165, 1.54) is 0 Å². The highest BCUT2D eigenvalue weighted by molar-refractivity contribution is 5.87. The van der Waals surface area contributed by atoms with Crippen LogP contribution in [0, 0.1) is 0 Å². The summed E-state index contributed by atoms with van der Waals surface area (Å²) in [7, 11) is 1.72. The summed E-state index contributed by atoms with van der Waals surface area (Å²) in [5, 5.41) is 1.08. The van der Waals surface area contributed by atoms with Gasteiger partial charge in [0.15, 0.2) is 0 Å². The Morgan fingerprint density at radius 1 is 1.17 bits per heavy atom. The number of hydrogen-bond donors (Lipinski definition) is 1. The van der Waals surface area contributed by atoms with Crippen molar-refractivity contribution in [1.82, 2.24) is 15.0 Å². The lowest BCUT2D eigenvalue weighted by molar-refractivity contribution is 0.412. The van der Waals surface area contributed by atoms with Gasteiger partial charge in [-0.25, -0.2) is 9.97 Å². The van der Waals surface area contributed by atoms with E-state index in [2.05, 4.69) is 43.8 Å². The number of piperazine rings is 1. The molecule has 0 saturated carbocycles. The molecule has 1 saturated heterocycles. The molecule has 6 heteroatoms. The Morgan fingerprint density at radius 3 is 2.88 bits per heavy atom. The molecule has 3 heterocycles. The first-order chi connectivity index (χ1) is 11.8. The largest absolute Gasteiger partial charge is 0.495 e. The van der Waals surface area contributed by atoms with Crippen LogP contribution in [0.1, 0.15) is 6.92 Å². The van der Waals surface area contributed by atoms with Crippen molar-refractivity contribution in [3.63, 3.8) is 0 Å². The predicted molar refractivity (Wildman–Crippen MR) is 95.9 cm³/mol. The summed E-state index contributed by atoms with van der Waals surface area (Å²) in [5.74, 6) is 1.93. The molecule has 0 spiro atoms. The molecule has 2 aromatic heterocycles. The second kappa shape index (κ2) is 6.03. The Kier molecular flexibility index (Phi) is 3.72. The van der Waals surface area contributed by atoms with E-state index in [1.807, 2.05) is 24.4 Å². The number of hydrogen-bond acceptors (Lipinski definition) is 5. The van der Waals surface area contributed by atoms with Crippen LogP contribution in [0.2, 0.25) is 0 Å². The van der Waals surface area contributed by atoms with Crippen molar-refractivity contribution in [2.75, 3.05) is 36.5 Å². The maximum Gasteiger partial charge on any atom is 0.142 e. The zero-order valence-electron chi connectivity index (χ0n) is 13.9. The van der Waals surface area contributed by atoms with Gasteiger partial charge in [-0.1, -0.05) is 12.1 Å². The Morgan fingerprint density at radius 2 is 2.04 bits per heavy atom. The number of nitrogens with one attached hydrogen (secondary N) is 1. The minimum atomic E-state index is 0.344. The highest BCUT2D eigenvalue weighted by Crippen LogP contribution is 2.31. The molecule has 1 aliphatic rings. The number of anilines is 2. The standard InChI is InChI=1S/C18H21N5O/c1-13-11-22(15-5-3-4-6-16(15)24-2)9-10-23(13)18-14-7-8-19-17(14)20-12-21-18/h3-8,12-13H,9-11H2,1-2H3,(H,19,20,21). The molecule has 1 atom stereocenters. The van der Waals surface area contributed by atoms with Gasteiger partial charge in [-0.05, 0) is 25.1 Å². The van der Waals surface area contributed by atoms with E-state index >= 15 is 0 Å². The fraction of sp³-hybridized carbons (Fsp3) is 0.333. The molecule has 0 bridgehead atoms. The molecule has 4 rings (SSSR count). The lowest BCUT2D eigenvalue weighted by atomic mass is 10.1. The van der Waals surface area contributed by atoms with Crippen molar-refractivity contribution in [3.05, 3.63) is 42.9 Å². The number of benzene rings is 1.